The van der Waals surface area contributed by atoms with Gasteiger partial charge in [0.15, 0.2) is 23.3 Å². The summed E-state index contributed by atoms with van der Waals surface area (Å²) in [6, 6.07) is 0.681. The van der Waals surface area contributed by atoms with E-state index >= 15 is 0 Å². The lowest BCUT2D eigenvalue weighted by Crippen LogP contribution is -2.48. The molecule has 0 spiro atoms. The molecule has 0 aromatic carbocycles. The molecule has 0 radical (unpaired) electrons. The van der Waals surface area contributed by atoms with E-state index in [1.54, 1.807) is 4.90 Å². The van der Waals surface area contributed by atoms with Gasteiger partial charge in [0, 0.05) is 32.2 Å². The predicted octanol–water partition coefficient (Wildman–Crippen LogP) is 0.0236. The molecule has 106 valence electrons. The van der Waals surface area contributed by atoms with Gasteiger partial charge in [-0.15, -0.1) is 0 Å². The SMILES string of the molecule is CS(=O)(=O)N1CCN(c2nc(N)c(F)cc2F)CC1. The minimum atomic E-state index is -3.25. The number of rotatable bonds is 2. The summed E-state index contributed by atoms with van der Waals surface area (Å²) >= 11 is 0. The highest BCUT2D eigenvalue weighted by Gasteiger charge is 2.26. The van der Waals surface area contributed by atoms with Gasteiger partial charge >= 0.3 is 0 Å². The van der Waals surface area contributed by atoms with Gasteiger partial charge in [-0.1, -0.05) is 0 Å². The Labute approximate surface area is 109 Å². The zero-order valence-corrected chi connectivity index (χ0v) is 11.1. The number of piperazine rings is 1. The molecule has 1 aliphatic heterocycles. The number of halogens is 2. The maximum Gasteiger partial charge on any atom is 0.211 e. The molecule has 1 aromatic heterocycles. The molecule has 19 heavy (non-hydrogen) atoms. The first-order valence-corrected chi connectivity index (χ1v) is 7.45. The number of nitrogen functional groups attached to an aromatic ring is 1. The summed E-state index contributed by atoms with van der Waals surface area (Å²) in [5, 5.41) is 0. The standard InChI is InChI=1S/C10H14F2N4O2S/c1-19(17,18)16-4-2-15(3-5-16)10-8(12)6-7(11)9(13)14-10/h6H,2-5H2,1H3,(H2,13,14). The van der Waals surface area contributed by atoms with Crippen molar-refractivity contribution in [1.29, 1.82) is 0 Å². The number of nitrogens with two attached hydrogens (primary N) is 1. The number of nitrogens with zero attached hydrogens (tertiary/aromatic N) is 3. The minimum Gasteiger partial charge on any atom is -0.381 e. The van der Waals surface area contributed by atoms with Gasteiger partial charge in [-0.2, -0.15) is 4.31 Å². The van der Waals surface area contributed by atoms with Crippen LogP contribution in [0.15, 0.2) is 6.07 Å². The Morgan fingerprint density at radius 3 is 2.32 bits per heavy atom. The topological polar surface area (TPSA) is 79.5 Å². The molecule has 1 aromatic rings. The summed E-state index contributed by atoms with van der Waals surface area (Å²) in [5.41, 5.74) is 5.31. The maximum atomic E-state index is 13.6. The van der Waals surface area contributed by atoms with E-state index in [1.807, 2.05) is 0 Å². The highest BCUT2D eigenvalue weighted by molar-refractivity contribution is 7.88. The molecule has 0 unspecified atom stereocenters. The van der Waals surface area contributed by atoms with Crippen LogP contribution < -0.4 is 10.6 Å². The second-order valence-corrected chi connectivity index (χ2v) is 6.29. The molecule has 9 heteroatoms. The van der Waals surface area contributed by atoms with Crippen LogP contribution in [-0.2, 0) is 10.0 Å². The van der Waals surface area contributed by atoms with Gasteiger partial charge in [0.2, 0.25) is 10.0 Å². The zero-order chi connectivity index (χ0) is 14.2. The molecule has 0 atom stereocenters. The number of pyridine rings is 1. The van der Waals surface area contributed by atoms with Crippen molar-refractivity contribution < 1.29 is 17.2 Å². The van der Waals surface area contributed by atoms with Crippen molar-refractivity contribution in [3.63, 3.8) is 0 Å². The van der Waals surface area contributed by atoms with Crippen LogP contribution in [0.5, 0.6) is 0 Å². The van der Waals surface area contributed by atoms with Crippen molar-refractivity contribution in [3.05, 3.63) is 17.7 Å². The van der Waals surface area contributed by atoms with Crippen LogP contribution in [0.2, 0.25) is 0 Å². The van der Waals surface area contributed by atoms with E-state index in [9.17, 15) is 17.2 Å². The largest absolute Gasteiger partial charge is 0.381 e. The van der Waals surface area contributed by atoms with Gasteiger partial charge in [-0.05, 0) is 0 Å². The summed E-state index contributed by atoms with van der Waals surface area (Å²) in [6.45, 7) is 1.03. The van der Waals surface area contributed by atoms with E-state index in [0.717, 1.165) is 6.26 Å². The molecule has 0 bridgehead atoms. The number of hydrogen-bond acceptors (Lipinski definition) is 5. The van der Waals surface area contributed by atoms with Crippen molar-refractivity contribution in [3.8, 4) is 0 Å². The Balaban J connectivity index is 2.16. The van der Waals surface area contributed by atoms with Crippen molar-refractivity contribution >= 4 is 21.7 Å². The molecule has 2 rings (SSSR count). The average molecular weight is 292 g/mol. The van der Waals surface area contributed by atoms with Crippen molar-refractivity contribution in [2.24, 2.45) is 0 Å². The second-order valence-electron chi connectivity index (χ2n) is 4.31. The third-order valence-electron chi connectivity index (χ3n) is 2.95. The van der Waals surface area contributed by atoms with Crippen LogP contribution in [-0.4, -0.2) is 50.1 Å². The molecule has 0 aliphatic carbocycles. The first-order chi connectivity index (χ1) is 8.79. The van der Waals surface area contributed by atoms with Crippen molar-refractivity contribution in [2.75, 3.05) is 43.1 Å². The predicted molar refractivity (Wildman–Crippen MR) is 67.2 cm³/mol. The number of hydrogen-bond donors (Lipinski definition) is 1. The number of sulfonamides is 1. The lowest BCUT2D eigenvalue weighted by atomic mass is 10.3. The highest BCUT2D eigenvalue weighted by atomic mass is 32.2. The van der Waals surface area contributed by atoms with E-state index < -0.39 is 21.7 Å². The van der Waals surface area contributed by atoms with Crippen LogP contribution in [0.25, 0.3) is 0 Å². The molecule has 2 heterocycles. The van der Waals surface area contributed by atoms with Crippen LogP contribution in [0.3, 0.4) is 0 Å². The quantitative estimate of drug-likeness (QED) is 0.831. The van der Waals surface area contributed by atoms with Crippen LogP contribution in [0, 0.1) is 11.6 Å². The Hall–Kier alpha value is -1.48. The van der Waals surface area contributed by atoms with E-state index in [-0.39, 0.29) is 37.8 Å². The van der Waals surface area contributed by atoms with Crippen molar-refractivity contribution in [1.82, 2.24) is 9.29 Å². The van der Waals surface area contributed by atoms with Crippen LogP contribution in [0.1, 0.15) is 0 Å². The molecular formula is C10H14F2N4O2S. The average Bonchev–Trinajstić information content (AvgIpc) is 2.33. The fourth-order valence-corrected chi connectivity index (χ4v) is 2.75. The molecule has 6 nitrogen and oxygen atoms in total. The number of anilines is 2. The zero-order valence-electron chi connectivity index (χ0n) is 10.3. The fraction of sp³-hybridized carbons (Fsp3) is 0.500. The van der Waals surface area contributed by atoms with Gasteiger partial charge < -0.3 is 10.6 Å². The normalized spacial score (nSPS) is 17.7. The van der Waals surface area contributed by atoms with Gasteiger partial charge in [0.1, 0.15) is 0 Å². The fourth-order valence-electron chi connectivity index (χ4n) is 1.92. The molecular weight excluding hydrogens is 278 g/mol. The third kappa shape index (κ3) is 2.92. The maximum absolute atomic E-state index is 13.6. The molecule has 1 fully saturated rings. The Kier molecular flexibility index (Phi) is 3.59. The van der Waals surface area contributed by atoms with Crippen molar-refractivity contribution in [2.45, 2.75) is 0 Å². The van der Waals surface area contributed by atoms with E-state index in [0.29, 0.717) is 6.07 Å². The van der Waals surface area contributed by atoms with Gasteiger partial charge in [-0.25, -0.2) is 22.2 Å². The van der Waals surface area contributed by atoms with Crippen LogP contribution >= 0.6 is 0 Å². The monoisotopic (exact) mass is 292 g/mol. The van der Waals surface area contributed by atoms with Gasteiger partial charge in [0.05, 0.1) is 6.26 Å². The molecule has 2 N–H and O–H groups in total. The lowest BCUT2D eigenvalue weighted by Gasteiger charge is -2.34. The van der Waals surface area contributed by atoms with E-state index in [2.05, 4.69) is 4.98 Å². The number of aromatic nitrogens is 1. The first kappa shape index (κ1) is 13.9. The summed E-state index contributed by atoms with van der Waals surface area (Å²) in [4.78, 5) is 5.22. The Morgan fingerprint density at radius 1 is 1.21 bits per heavy atom. The first-order valence-electron chi connectivity index (χ1n) is 5.60. The molecule has 1 saturated heterocycles. The Bertz CT molecular complexity index is 585. The minimum absolute atomic E-state index is 0.0490. The Morgan fingerprint density at radius 2 is 1.79 bits per heavy atom. The smallest absolute Gasteiger partial charge is 0.211 e. The highest BCUT2D eigenvalue weighted by Crippen LogP contribution is 2.22. The second kappa shape index (κ2) is 4.89. The molecule has 0 amide bonds. The summed E-state index contributed by atoms with van der Waals surface area (Å²) < 4.78 is 50.6. The summed E-state index contributed by atoms with van der Waals surface area (Å²) in [5.74, 6) is -2.13. The summed E-state index contributed by atoms with van der Waals surface area (Å²) in [6.07, 6.45) is 1.12. The van der Waals surface area contributed by atoms with Gasteiger partial charge in [-0.3, -0.25) is 0 Å². The summed E-state index contributed by atoms with van der Waals surface area (Å²) in [7, 11) is -3.25. The molecule has 0 saturated carbocycles. The van der Waals surface area contributed by atoms with Gasteiger partial charge in [0.25, 0.3) is 0 Å². The van der Waals surface area contributed by atoms with E-state index in [1.165, 1.54) is 4.31 Å². The lowest BCUT2D eigenvalue weighted by molar-refractivity contribution is 0.384. The van der Waals surface area contributed by atoms with Crippen LogP contribution in [0.4, 0.5) is 20.4 Å². The van der Waals surface area contributed by atoms with E-state index in [4.69, 9.17) is 5.73 Å². The molecule has 1 aliphatic rings. The third-order valence-corrected chi connectivity index (χ3v) is 4.25.